The van der Waals surface area contributed by atoms with Crippen LogP contribution in [0.2, 0.25) is 0 Å². The summed E-state index contributed by atoms with van der Waals surface area (Å²) in [7, 11) is 0. The molecule has 6 nitrogen and oxygen atoms in total. The molecule has 0 bridgehead atoms. The van der Waals surface area contributed by atoms with Crippen molar-refractivity contribution in [2.75, 3.05) is 39.6 Å². The molecule has 2 aromatic carbocycles. The number of benzene rings is 2. The van der Waals surface area contributed by atoms with Crippen LogP contribution in [0.4, 0.5) is 0 Å². The Morgan fingerprint density at radius 3 is 1.71 bits per heavy atom. The largest absolute Gasteiger partial charge is 0.487 e. The zero-order valence-corrected chi connectivity index (χ0v) is 20.8. The van der Waals surface area contributed by atoms with Crippen LogP contribution in [0.5, 0.6) is 23.0 Å². The molecule has 1 N–H and O–H groups in total. The molecule has 0 saturated heterocycles. The summed E-state index contributed by atoms with van der Waals surface area (Å²) < 4.78 is 29.2. The molecule has 35 heavy (non-hydrogen) atoms. The van der Waals surface area contributed by atoms with Gasteiger partial charge in [-0.3, -0.25) is 0 Å². The highest BCUT2D eigenvalue weighted by molar-refractivity contribution is 5.41. The number of aliphatic hydroxyl groups is 1. The predicted molar refractivity (Wildman–Crippen MR) is 136 cm³/mol. The summed E-state index contributed by atoms with van der Waals surface area (Å²) in [4.78, 5) is 0. The number of rotatable bonds is 6. The van der Waals surface area contributed by atoms with Gasteiger partial charge in [-0.15, -0.1) is 0 Å². The Morgan fingerprint density at radius 1 is 0.686 bits per heavy atom. The van der Waals surface area contributed by atoms with E-state index in [1.54, 1.807) is 0 Å². The van der Waals surface area contributed by atoms with Crippen LogP contribution < -0.4 is 18.9 Å². The maximum atomic E-state index is 11.4. The van der Waals surface area contributed by atoms with Gasteiger partial charge in [0.05, 0.1) is 13.2 Å². The third-order valence-electron chi connectivity index (χ3n) is 5.58. The predicted octanol–water partition coefficient (Wildman–Crippen LogP) is 5.42. The molecule has 0 saturated carbocycles. The second-order valence-corrected chi connectivity index (χ2v) is 8.63. The SMILES string of the molecule is CCCCCCCCC#CC1(O)COc2ccccc2OCCOCCOc2ccccc2OC1. The van der Waals surface area contributed by atoms with Gasteiger partial charge in [-0.2, -0.15) is 0 Å². The lowest BCUT2D eigenvalue weighted by Gasteiger charge is -2.24. The Hall–Kier alpha value is -2.88. The first kappa shape index (κ1) is 26.7. The fourth-order valence-corrected chi connectivity index (χ4v) is 3.63. The van der Waals surface area contributed by atoms with E-state index < -0.39 is 5.60 Å². The molecule has 6 heteroatoms. The molecule has 3 rings (SSSR count). The molecule has 2 aromatic rings. The molecule has 0 amide bonds. The van der Waals surface area contributed by atoms with Crippen molar-refractivity contribution in [3.63, 3.8) is 0 Å². The van der Waals surface area contributed by atoms with Gasteiger partial charge in [-0.25, -0.2) is 0 Å². The van der Waals surface area contributed by atoms with Gasteiger partial charge >= 0.3 is 0 Å². The molecule has 190 valence electrons. The fraction of sp³-hybridized carbons (Fsp3) is 0.517. The molecule has 0 spiro atoms. The lowest BCUT2D eigenvalue weighted by molar-refractivity contribution is 0.00393. The van der Waals surface area contributed by atoms with E-state index in [9.17, 15) is 5.11 Å². The van der Waals surface area contributed by atoms with Gasteiger partial charge in [0, 0.05) is 6.42 Å². The van der Waals surface area contributed by atoms with Crippen molar-refractivity contribution >= 4 is 0 Å². The summed E-state index contributed by atoms with van der Waals surface area (Å²) in [6, 6.07) is 14.8. The van der Waals surface area contributed by atoms with E-state index in [1.807, 2.05) is 48.5 Å². The number of fused-ring (bicyclic) bond motifs is 2. The van der Waals surface area contributed by atoms with Gasteiger partial charge in [0.15, 0.2) is 28.6 Å². The van der Waals surface area contributed by atoms with Crippen LogP contribution in [0, 0.1) is 11.8 Å². The minimum absolute atomic E-state index is 0.0591. The molecule has 1 aliphatic rings. The zero-order valence-electron chi connectivity index (χ0n) is 20.8. The molecular formula is C29H38O6. The summed E-state index contributed by atoms with van der Waals surface area (Å²) in [5.74, 6) is 8.43. The Bertz CT molecular complexity index is 877. The second-order valence-electron chi connectivity index (χ2n) is 8.63. The fourth-order valence-electron chi connectivity index (χ4n) is 3.63. The van der Waals surface area contributed by atoms with E-state index >= 15 is 0 Å². The van der Waals surface area contributed by atoms with Crippen LogP contribution in [0.15, 0.2) is 48.5 Å². The number of hydrogen-bond donors (Lipinski definition) is 1. The Balaban J connectivity index is 1.71. The Labute approximate surface area is 209 Å². The average Bonchev–Trinajstić information content (AvgIpc) is 2.88. The first-order valence-electron chi connectivity index (χ1n) is 12.7. The van der Waals surface area contributed by atoms with Crippen molar-refractivity contribution in [2.45, 2.75) is 57.5 Å². The minimum Gasteiger partial charge on any atom is -0.487 e. The normalized spacial score (nSPS) is 16.1. The standard InChI is InChI=1S/C29H38O6/c1-2-3-4-5-6-7-8-13-18-29(30)23-34-27-16-11-9-14-25(27)32-21-19-31-20-22-33-26-15-10-12-17-28(26)35-24-29/h9-12,14-17,30H,2-8,19-24H2,1H3. The molecule has 0 fully saturated rings. The average molecular weight is 483 g/mol. The molecule has 0 aliphatic carbocycles. The van der Waals surface area contributed by atoms with E-state index in [0.717, 1.165) is 19.3 Å². The van der Waals surface area contributed by atoms with E-state index in [1.165, 1.54) is 25.7 Å². The van der Waals surface area contributed by atoms with Crippen LogP contribution in [-0.4, -0.2) is 50.3 Å². The van der Waals surface area contributed by atoms with Gasteiger partial charge in [-0.1, -0.05) is 75.1 Å². The smallest absolute Gasteiger partial charge is 0.193 e. The van der Waals surface area contributed by atoms with Crippen LogP contribution in [0.25, 0.3) is 0 Å². The maximum Gasteiger partial charge on any atom is 0.193 e. The highest BCUT2D eigenvalue weighted by Gasteiger charge is 2.28. The third-order valence-corrected chi connectivity index (χ3v) is 5.58. The van der Waals surface area contributed by atoms with Gasteiger partial charge in [0.25, 0.3) is 0 Å². The van der Waals surface area contributed by atoms with E-state index in [0.29, 0.717) is 49.4 Å². The number of unbranched alkanes of at least 4 members (excludes halogenated alkanes) is 6. The molecule has 0 radical (unpaired) electrons. The third kappa shape index (κ3) is 9.71. The van der Waals surface area contributed by atoms with Crippen molar-refractivity contribution in [3.8, 4) is 34.8 Å². The summed E-state index contributed by atoms with van der Waals surface area (Å²) in [6.07, 6.45) is 7.92. The first-order valence-corrected chi connectivity index (χ1v) is 12.7. The maximum absolute atomic E-state index is 11.4. The monoisotopic (exact) mass is 482 g/mol. The summed E-state index contributed by atoms with van der Waals surface area (Å²) in [6.45, 7) is 3.69. The van der Waals surface area contributed by atoms with Gasteiger partial charge < -0.3 is 28.8 Å². The second kappa shape index (κ2) is 15.2. The molecule has 1 heterocycles. The number of para-hydroxylation sites is 4. The molecule has 1 aliphatic heterocycles. The highest BCUT2D eigenvalue weighted by atomic mass is 16.6. The van der Waals surface area contributed by atoms with Crippen LogP contribution in [0.1, 0.15) is 51.9 Å². The lowest BCUT2D eigenvalue weighted by Crippen LogP contribution is -2.41. The quantitative estimate of drug-likeness (QED) is 0.438. The van der Waals surface area contributed by atoms with Crippen LogP contribution >= 0.6 is 0 Å². The van der Waals surface area contributed by atoms with Gasteiger partial charge in [-0.05, 0) is 30.7 Å². The molecule has 0 aromatic heterocycles. The van der Waals surface area contributed by atoms with Crippen molar-refractivity contribution in [2.24, 2.45) is 0 Å². The summed E-state index contributed by atoms with van der Waals surface area (Å²) in [5.41, 5.74) is -1.50. The topological polar surface area (TPSA) is 66.4 Å². The molecule has 0 unspecified atom stereocenters. The summed E-state index contributed by atoms with van der Waals surface area (Å²) >= 11 is 0. The van der Waals surface area contributed by atoms with E-state index in [-0.39, 0.29) is 13.2 Å². The van der Waals surface area contributed by atoms with Crippen LogP contribution in [-0.2, 0) is 4.74 Å². The highest BCUT2D eigenvalue weighted by Crippen LogP contribution is 2.29. The number of ether oxygens (including phenoxy) is 5. The minimum atomic E-state index is -1.50. The van der Waals surface area contributed by atoms with Crippen molar-refractivity contribution in [1.82, 2.24) is 0 Å². The van der Waals surface area contributed by atoms with Crippen LogP contribution in [0.3, 0.4) is 0 Å². The lowest BCUT2D eigenvalue weighted by atomic mass is 10.1. The molecule has 0 atom stereocenters. The van der Waals surface area contributed by atoms with Crippen molar-refractivity contribution in [1.29, 1.82) is 0 Å². The van der Waals surface area contributed by atoms with Gasteiger partial charge in [0.2, 0.25) is 0 Å². The van der Waals surface area contributed by atoms with Crippen molar-refractivity contribution in [3.05, 3.63) is 48.5 Å². The first-order chi connectivity index (χ1) is 17.2. The van der Waals surface area contributed by atoms with E-state index in [2.05, 4.69) is 18.8 Å². The van der Waals surface area contributed by atoms with E-state index in [4.69, 9.17) is 23.7 Å². The summed E-state index contributed by atoms with van der Waals surface area (Å²) in [5, 5.41) is 11.4. The Morgan fingerprint density at radius 2 is 1.17 bits per heavy atom. The zero-order chi connectivity index (χ0) is 24.6. The Kier molecular flexibility index (Phi) is 11.6. The molecular weight excluding hydrogens is 444 g/mol. The van der Waals surface area contributed by atoms with Crippen molar-refractivity contribution < 1.29 is 28.8 Å². The van der Waals surface area contributed by atoms with Gasteiger partial charge in [0.1, 0.15) is 26.4 Å². The number of hydrogen-bond acceptors (Lipinski definition) is 6.